The van der Waals surface area contributed by atoms with Crippen molar-refractivity contribution in [3.05, 3.63) is 65.2 Å². The Balaban J connectivity index is 2.13. The third-order valence-electron chi connectivity index (χ3n) is 2.97. The van der Waals surface area contributed by atoms with Crippen LogP contribution in [0.1, 0.15) is 16.7 Å². The lowest BCUT2D eigenvalue weighted by molar-refractivity contribution is 0.282. The molecule has 0 atom stereocenters. The summed E-state index contributed by atoms with van der Waals surface area (Å²) in [6.45, 7) is 1.81. The molecule has 0 aliphatic carbocycles. The number of sulfonamides is 1. The Kier molecular flexibility index (Phi) is 4.42. The zero-order valence-electron chi connectivity index (χ0n) is 11.2. The Morgan fingerprint density at radius 2 is 1.60 bits per heavy atom. The van der Waals surface area contributed by atoms with Crippen molar-refractivity contribution >= 4 is 15.7 Å². The molecule has 2 aromatic rings. The number of hydrogen-bond donors (Lipinski definition) is 2. The zero-order valence-corrected chi connectivity index (χ0v) is 12.0. The predicted molar refractivity (Wildman–Crippen MR) is 79.8 cm³/mol. The zero-order chi connectivity index (χ0) is 14.6. The summed E-state index contributed by atoms with van der Waals surface area (Å²) in [6.07, 6.45) is 0. The van der Waals surface area contributed by atoms with E-state index >= 15 is 0 Å². The minimum atomic E-state index is -3.44. The van der Waals surface area contributed by atoms with E-state index in [0.29, 0.717) is 11.3 Å². The highest BCUT2D eigenvalue weighted by molar-refractivity contribution is 7.91. The van der Waals surface area contributed by atoms with Crippen LogP contribution in [0.2, 0.25) is 0 Å². The molecule has 0 radical (unpaired) electrons. The van der Waals surface area contributed by atoms with Crippen molar-refractivity contribution in [1.82, 2.24) is 0 Å². The van der Waals surface area contributed by atoms with Gasteiger partial charge in [0.1, 0.15) is 0 Å². The number of hydrogen-bond acceptors (Lipinski definition) is 3. The average Bonchev–Trinajstić information content (AvgIpc) is 2.41. The third kappa shape index (κ3) is 3.82. The van der Waals surface area contributed by atoms with Crippen molar-refractivity contribution in [3.63, 3.8) is 0 Å². The molecule has 2 N–H and O–H groups in total. The molecule has 2 rings (SSSR count). The van der Waals surface area contributed by atoms with Gasteiger partial charge in [0.25, 0.3) is 0 Å². The number of aryl methyl sites for hydroxylation is 1. The molecule has 106 valence electrons. The van der Waals surface area contributed by atoms with Crippen molar-refractivity contribution in [2.45, 2.75) is 19.3 Å². The summed E-state index contributed by atoms with van der Waals surface area (Å²) in [5.74, 6) is -0.0902. The van der Waals surface area contributed by atoms with Crippen LogP contribution in [0.25, 0.3) is 0 Å². The summed E-state index contributed by atoms with van der Waals surface area (Å²) in [5.41, 5.74) is 2.92. The normalized spacial score (nSPS) is 11.3. The largest absolute Gasteiger partial charge is 0.392 e. The first-order valence-electron chi connectivity index (χ1n) is 6.25. The van der Waals surface area contributed by atoms with E-state index in [0.717, 1.165) is 11.1 Å². The molecule has 20 heavy (non-hydrogen) atoms. The van der Waals surface area contributed by atoms with Gasteiger partial charge in [0.2, 0.25) is 10.0 Å². The Labute approximate surface area is 119 Å². The van der Waals surface area contributed by atoms with Gasteiger partial charge in [-0.3, -0.25) is 4.72 Å². The summed E-state index contributed by atoms with van der Waals surface area (Å²) >= 11 is 0. The molecule has 0 amide bonds. The van der Waals surface area contributed by atoms with Gasteiger partial charge in [-0.15, -0.1) is 0 Å². The van der Waals surface area contributed by atoms with Crippen LogP contribution in [0.3, 0.4) is 0 Å². The van der Waals surface area contributed by atoms with Gasteiger partial charge < -0.3 is 5.11 Å². The van der Waals surface area contributed by atoms with E-state index in [1.165, 1.54) is 0 Å². The molecule has 0 fully saturated rings. The molecule has 4 nitrogen and oxygen atoms in total. The second kappa shape index (κ2) is 6.07. The Morgan fingerprint density at radius 3 is 2.20 bits per heavy atom. The summed E-state index contributed by atoms with van der Waals surface area (Å²) in [4.78, 5) is 0. The molecule has 0 aliphatic heterocycles. The molecular weight excluding hydrogens is 274 g/mol. The van der Waals surface area contributed by atoms with Gasteiger partial charge in [-0.2, -0.15) is 0 Å². The number of nitrogens with one attached hydrogen (secondary N) is 1. The number of para-hydroxylation sites is 1. The number of aliphatic hydroxyl groups excluding tert-OH is 1. The quantitative estimate of drug-likeness (QED) is 0.889. The van der Waals surface area contributed by atoms with Gasteiger partial charge in [0.05, 0.1) is 18.0 Å². The maximum atomic E-state index is 12.1. The molecule has 0 saturated heterocycles. The summed E-state index contributed by atoms with van der Waals surface area (Å²) in [5, 5.41) is 8.96. The first-order chi connectivity index (χ1) is 9.50. The molecule has 0 aromatic heterocycles. The van der Waals surface area contributed by atoms with Gasteiger partial charge in [0.15, 0.2) is 0 Å². The highest BCUT2D eigenvalue weighted by Crippen LogP contribution is 2.17. The van der Waals surface area contributed by atoms with Crippen molar-refractivity contribution in [2.24, 2.45) is 0 Å². The van der Waals surface area contributed by atoms with E-state index in [1.54, 1.807) is 36.4 Å². The van der Waals surface area contributed by atoms with Crippen LogP contribution in [-0.4, -0.2) is 13.5 Å². The fourth-order valence-corrected chi connectivity index (χ4v) is 3.12. The fourth-order valence-electron chi connectivity index (χ4n) is 1.85. The van der Waals surface area contributed by atoms with Crippen LogP contribution >= 0.6 is 0 Å². The number of anilines is 1. The van der Waals surface area contributed by atoms with Gasteiger partial charge in [-0.05, 0) is 29.7 Å². The molecule has 0 bridgehead atoms. The van der Waals surface area contributed by atoms with Crippen LogP contribution in [0.5, 0.6) is 0 Å². The van der Waals surface area contributed by atoms with E-state index in [4.69, 9.17) is 5.11 Å². The van der Waals surface area contributed by atoms with Crippen LogP contribution in [0.15, 0.2) is 48.5 Å². The van der Waals surface area contributed by atoms with Crippen LogP contribution in [0.4, 0.5) is 5.69 Å². The van der Waals surface area contributed by atoms with Crippen molar-refractivity contribution in [3.8, 4) is 0 Å². The standard InChI is InChI=1S/C15H17NO3S/c1-12-4-2-3-5-15(12)16-20(18,19)11-14-8-6-13(10-17)7-9-14/h2-9,16-17H,10-11H2,1H3. The molecule has 2 aromatic carbocycles. The fraction of sp³-hybridized carbons (Fsp3) is 0.200. The van der Waals surface area contributed by atoms with Crippen LogP contribution in [-0.2, 0) is 22.4 Å². The topological polar surface area (TPSA) is 66.4 Å². The molecule has 0 unspecified atom stereocenters. The molecular formula is C15H17NO3S. The van der Waals surface area contributed by atoms with E-state index in [1.807, 2.05) is 19.1 Å². The molecule has 0 spiro atoms. The lowest BCUT2D eigenvalue weighted by Crippen LogP contribution is -2.15. The first-order valence-corrected chi connectivity index (χ1v) is 7.90. The SMILES string of the molecule is Cc1ccccc1NS(=O)(=O)Cc1ccc(CO)cc1. The Hall–Kier alpha value is -1.85. The second-order valence-corrected chi connectivity index (χ2v) is 6.37. The first kappa shape index (κ1) is 14.6. The van der Waals surface area contributed by atoms with Crippen molar-refractivity contribution in [2.75, 3.05) is 4.72 Å². The Morgan fingerprint density at radius 1 is 1.00 bits per heavy atom. The van der Waals surface area contributed by atoms with Crippen LogP contribution < -0.4 is 4.72 Å². The monoisotopic (exact) mass is 291 g/mol. The number of rotatable bonds is 5. The molecule has 0 aliphatic rings. The molecule has 0 heterocycles. The second-order valence-electron chi connectivity index (χ2n) is 4.65. The highest BCUT2D eigenvalue weighted by atomic mass is 32.2. The van der Waals surface area contributed by atoms with E-state index in [2.05, 4.69) is 4.72 Å². The van der Waals surface area contributed by atoms with E-state index in [9.17, 15) is 8.42 Å². The van der Waals surface area contributed by atoms with E-state index in [-0.39, 0.29) is 12.4 Å². The van der Waals surface area contributed by atoms with Gasteiger partial charge in [-0.25, -0.2) is 8.42 Å². The third-order valence-corrected chi connectivity index (χ3v) is 4.22. The van der Waals surface area contributed by atoms with Crippen LogP contribution in [0, 0.1) is 6.92 Å². The predicted octanol–water partition coefficient (Wildman–Crippen LogP) is 2.43. The average molecular weight is 291 g/mol. The van der Waals surface area contributed by atoms with E-state index < -0.39 is 10.0 Å². The van der Waals surface area contributed by atoms with Crippen molar-refractivity contribution < 1.29 is 13.5 Å². The maximum absolute atomic E-state index is 12.1. The lowest BCUT2D eigenvalue weighted by atomic mass is 10.2. The summed E-state index contributed by atoms with van der Waals surface area (Å²) < 4.78 is 26.8. The van der Waals surface area contributed by atoms with Gasteiger partial charge in [-0.1, -0.05) is 42.5 Å². The minimum absolute atomic E-state index is 0.0471. The molecule has 5 heteroatoms. The van der Waals surface area contributed by atoms with Crippen molar-refractivity contribution in [1.29, 1.82) is 0 Å². The summed E-state index contributed by atoms with van der Waals surface area (Å²) in [6, 6.07) is 14.1. The highest BCUT2D eigenvalue weighted by Gasteiger charge is 2.12. The smallest absolute Gasteiger partial charge is 0.236 e. The van der Waals surface area contributed by atoms with Gasteiger partial charge >= 0.3 is 0 Å². The lowest BCUT2D eigenvalue weighted by Gasteiger charge is -2.10. The van der Waals surface area contributed by atoms with Gasteiger partial charge in [0, 0.05) is 0 Å². The molecule has 0 saturated carbocycles. The maximum Gasteiger partial charge on any atom is 0.236 e. The number of benzene rings is 2. The minimum Gasteiger partial charge on any atom is -0.392 e. The summed E-state index contributed by atoms with van der Waals surface area (Å²) in [7, 11) is -3.44. The number of aliphatic hydroxyl groups is 1. The Bertz CT molecular complexity index is 679.